The molecule has 4 heteroatoms. The second kappa shape index (κ2) is 7.92. The summed E-state index contributed by atoms with van der Waals surface area (Å²) in [5.74, 6) is 0.988. The third kappa shape index (κ3) is 3.38. The zero-order valence-corrected chi connectivity index (χ0v) is 17.1. The number of nitrogens with zero attached hydrogens (tertiary/aromatic N) is 2. The maximum Gasteiger partial charge on any atom is 0.158 e. The Balaban J connectivity index is 1.83. The number of nitrogens with two attached hydrogens (primary N) is 1. The van der Waals surface area contributed by atoms with Crippen molar-refractivity contribution in [2.24, 2.45) is 15.7 Å². The van der Waals surface area contributed by atoms with E-state index in [0.717, 1.165) is 44.2 Å². The smallest absolute Gasteiger partial charge is 0.158 e. The van der Waals surface area contributed by atoms with Gasteiger partial charge in [-0.25, -0.2) is 4.99 Å². The summed E-state index contributed by atoms with van der Waals surface area (Å²) in [5, 5.41) is 2.02. The van der Waals surface area contributed by atoms with E-state index in [1.807, 2.05) is 72.8 Å². The van der Waals surface area contributed by atoms with Crippen LogP contribution in [0.2, 0.25) is 0 Å². The van der Waals surface area contributed by atoms with E-state index in [2.05, 4.69) is 29.3 Å². The van der Waals surface area contributed by atoms with Gasteiger partial charge in [-0.15, -0.1) is 0 Å². The van der Waals surface area contributed by atoms with Gasteiger partial charge in [0.25, 0.3) is 0 Å². The van der Waals surface area contributed by atoms with Gasteiger partial charge < -0.3 is 10.2 Å². The molecular weight excluding hydrogens is 382 g/mol. The third-order valence-corrected chi connectivity index (χ3v) is 5.36. The predicted octanol–water partition coefficient (Wildman–Crippen LogP) is 6.03. The lowest BCUT2D eigenvalue weighted by molar-refractivity contribution is 0.669. The Morgan fingerprint density at radius 1 is 0.742 bits per heavy atom. The van der Waals surface area contributed by atoms with Gasteiger partial charge in [-0.3, -0.25) is 4.99 Å². The molecule has 31 heavy (non-hydrogen) atoms. The Kier molecular flexibility index (Phi) is 4.81. The molecule has 5 aromatic rings. The molecule has 0 aliphatic carbocycles. The van der Waals surface area contributed by atoms with E-state index in [1.165, 1.54) is 0 Å². The summed E-state index contributed by atoms with van der Waals surface area (Å²) in [5.41, 5.74) is 11.9. The maximum absolute atomic E-state index is 6.38. The van der Waals surface area contributed by atoms with Gasteiger partial charge in [-0.1, -0.05) is 78.9 Å². The summed E-state index contributed by atoms with van der Waals surface area (Å²) >= 11 is 0. The minimum atomic E-state index is 0.421. The Hall–Kier alpha value is -4.18. The molecule has 0 spiro atoms. The van der Waals surface area contributed by atoms with Crippen LogP contribution in [0.5, 0.6) is 0 Å². The predicted molar refractivity (Wildman–Crippen MR) is 129 cm³/mol. The molecule has 5 rings (SSSR count). The number of fused-ring (bicyclic) bond motifs is 3. The Morgan fingerprint density at radius 2 is 1.42 bits per heavy atom. The van der Waals surface area contributed by atoms with Crippen molar-refractivity contribution in [1.82, 2.24) is 0 Å². The number of benzene rings is 4. The van der Waals surface area contributed by atoms with Crippen LogP contribution in [0.15, 0.2) is 111 Å². The summed E-state index contributed by atoms with van der Waals surface area (Å²) in [6.45, 7) is 0. The molecule has 2 N–H and O–H groups in total. The van der Waals surface area contributed by atoms with Crippen molar-refractivity contribution in [2.75, 3.05) is 7.05 Å². The van der Waals surface area contributed by atoms with E-state index >= 15 is 0 Å². The lowest BCUT2D eigenvalue weighted by Gasteiger charge is -2.12. The first kappa shape index (κ1) is 18.8. The number of aliphatic imine (C=N–C) groups is 2. The largest absolute Gasteiger partial charge is 0.456 e. The maximum atomic E-state index is 6.38. The molecule has 150 valence electrons. The third-order valence-electron chi connectivity index (χ3n) is 5.36. The summed E-state index contributed by atoms with van der Waals surface area (Å²) in [6.07, 6.45) is 0. The average molecular weight is 403 g/mol. The van der Waals surface area contributed by atoms with Crippen LogP contribution >= 0.6 is 0 Å². The summed E-state index contributed by atoms with van der Waals surface area (Å²) in [7, 11) is 1.74. The summed E-state index contributed by atoms with van der Waals surface area (Å²) in [4.78, 5) is 9.31. The summed E-state index contributed by atoms with van der Waals surface area (Å²) in [6, 6.07) is 32.1. The van der Waals surface area contributed by atoms with Crippen LogP contribution in [0.4, 0.5) is 0 Å². The number of para-hydroxylation sites is 1. The van der Waals surface area contributed by atoms with E-state index < -0.39 is 0 Å². The van der Waals surface area contributed by atoms with Gasteiger partial charge in [0.1, 0.15) is 17.0 Å². The lowest BCUT2D eigenvalue weighted by Crippen LogP contribution is -2.16. The molecular formula is C27H21N3O. The van der Waals surface area contributed by atoms with Crippen molar-refractivity contribution in [1.29, 1.82) is 0 Å². The molecule has 0 bridgehead atoms. The first-order valence-electron chi connectivity index (χ1n) is 10.1. The van der Waals surface area contributed by atoms with Gasteiger partial charge in [-0.2, -0.15) is 0 Å². The van der Waals surface area contributed by atoms with E-state index in [-0.39, 0.29) is 0 Å². The van der Waals surface area contributed by atoms with Crippen molar-refractivity contribution in [3.8, 4) is 11.1 Å². The molecule has 0 saturated heterocycles. The fraction of sp³-hybridized carbons (Fsp3) is 0.0370. The molecule has 1 aromatic heterocycles. The van der Waals surface area contributed by atoms with Crippen LogP contribution in [0.1, 0.15) is 11.1 Å². The molecule has 0 saturated carbocycles. The SMILES string of the molecule is CN=C(N=C(N)c1ccccc1)c1c(-c2ccccc2)ccc2oc3ccccc3c12. The minimum Gasteiger partial charge on any atom is -0.456 e. The van der Waals surface area contributed by atoms with Gasteiger partial charge in [0.2, 0.25) is 0 Å². The van der Waals surface area contributed by atoms with Crippen molar-refractivity contribution in [3.05, 3.63) is 108 Å². The second-order valence-electron chi connectivity index (χ2n) is 7.24. The number of amidine groups is 2. The van der Waals surface area contributed by atoms with E-state index in [0.29, 0.717) is 11.7 Å². The zero-order valence-electron chi connectivity index (χ0n) is 17.1. The number of rotatable bonds is 3. The van der Waals surface area contributed by atoms with Crippen LogP contribution in [-0.4, -0.2) is 18.7 Å². The molecule has 0 aliphatic heterocycles. The Labute approximate surface area is 180 Å². The van der Waals surface area contributed by atoms with E-state index in [9.17, 15) is 0 Å². The number of hydrogen-bond acceptors (Lipinski definition) is 2. The minimum absolute atomic E-state index is 0.421. The quantitative estimate of drug-likeness (QED) is 0.295. The molecule has 4 aromatic carbocycles. The Morgan fingerprint density at radius 3 is 2.16 bits per heavy atom. The van der Waals surface area contributed by atoms with Gasteiger partial charge in [0.15, 0.2) is 5.84 Å². The molecule has 0 unspecified atom stereocenters. The molecule has 0 aliphatic rings. The van der Waals surface area contributed by atoms with Crippen molar-refractivity contribution in [3.63, 3.8) is 0 Å². The highest BCUT2D eigenvalue weighted by atomic mass is 16.3. The highest BCUT2D eigenvalue weighted by molar-refractivity contribution is 6.24. The fourth-order valence-electron chi connectivity index (χ4n) is 3.91. The first-order chi connectivity index (χ1) is 15.3. The average Bonchev–Trinajstić information content (AvgIpc) is 3.22. The topological polar surface area (TPSA) is 63.9 Å². The monoisotopic (exact) mass is 403 g/mol. The highest BCUT2D eigenvalue weighted by Gasteiger charge is 2.20. The van der Waals surface area contributed by atoms with Crippen LogP contribution in [-0.2, 0) is 0 Å². The van der Waals surface area contributed by atoms with Gasteiger partial charge >= 0.3 is 0 Å². The van der Waals surface area contributed by atoms with Crippen molar-refractivity contribution < 1.29 is 4.42 Å². The van der Waals surface area contributed by atoms with Crippen LogP contribution < -0.4 is 5.73 Å². The number of hydrogen-bond donors (Lipinski definition) is 1. The van der Waals surface area contributed by atoms with Gasteiger partial charge in [0, 0.05) is 28.9 Å². The second-order valence-corrected chi connectivity index (χ2v) is 7.24. The summed E-state index contributed by atoms with van der Waals surface area (Å²) < 4.78 is 6.13. The fourth-order valence-corrected chi connectivity index (χ4v) is 3.91. The van der Waals surface area contributed by atoms with E-state index in [1.54, 1.807) is 7.05 Å². The van der Waals surface area contributed by atoms with Crippen LogP contribution in [0.3, 0.4) is 0 Å². The van der Waals surface area contributed by atoms with E-state index in [4.69, 9.17) is 15.1 Å². The van der Waals surface area contributed by atoms with Crippen LogP contribution in [0.25, 0.3) is 33.1 Å². The molecule has 0 amide bonds. The molecule has 0 radical (unpaired) electrons. The van der Waals surface area contributed by atoms with Crippen LogP contribution in [0, 0.1) is 0 Å². The number of furan rings is 1. The van der Waals surface area contributed by atoms with Crippen molar-refractivity contribution in [2.45, 2.75) is 0 Å². The van der Waals surface area contributed by atoms with Gasteiger partial charge in [-0.05, 0) is 29.3 Å². The molecule has 4 nitrogen and oxygen atoms in total. The normalized spacial score (nSPS) is 12.5. The Bertz CT molecular complexity index is 1430. The first-order valence-corrected chi connectivity index (χ1v) is 10.1. The molecule has 0 fully saturated rings. The van der Waals surface area contributed by atoms with Gasteiger partial charge in [0.05, 0.1) is 0 Å². The molecule has 0 atom stereocenters. The standard InChI is InChI=1S/C27H21N3O/c1-29-27(30-26(28)19-12-6-3-7-13-19)25-20(18-10-4-2-5-11-18)16-17-23-24(25)21-14-8-9-15-22(21)31-23/h2-17H,1H3,(H2,28,29,30). The lowest BCUT2D eigenvalue weighted by atomic mass is 9.94. The zero-order chi connectivity index (χ0) is 21.2. The molecule has 1 heterocycles. The highest BCUT2D eigenvalue weighted by Crippen LogP contribution is 2.37. The van der Waals surface area contributed by atoms with Crippen molar-refractivity contribution >= 4 is 33.6 Å².